The van der Waals surface area contributed by atoms with Gasteiger partial charge in [-0.25, -0.2) is 0 Å². The molecule has 0 radical (unpaired) electrons. The summed E-state index contributed by atoms with van der Waals surface area (Å²) in [6.07, 6.45) is 0. The Morgan fingerprint density at radius 3 is 2.50 bits per heavy atom. The second-order valence-corrected chi connectivity index (χ2v) is 6.18. The molecule has 20 heavy (non-hydrogen) atoms. The summed E-state index contributed by atoms with van der Waals surface area (Å²) < 4.78 is 5.72. The minimum Gasteiger partial charge on any atom is -0.497 e. The Labute approximate surface area is 127 Å². The predicted octanol–water partition coefficient (Wildman–Crippen LogP) is 2.10. The fraction of sp³-hybridized carbons (Fsp3) is 0.429. The first kappa shape index (κ1) is 16.5. The lowest BCUT2D eigenvalue weighted by molar-refractivity contribution is -0.121. The third-order valence-electron chi connectivity index (χ3n) is 2.34. The number of carbonyl (C=O) groups excluding carboxylic acids is 2. The second-order valence-electron chi connectivity index (χ2n) is 5.33. The molecule has 5 nitrogen and oxygen atoms in total. The van der Waals surface area contributed by atoms with Crippen molar-refractivity contribution in [1.29, 1.82) is 0 Å². The van der Waals surface area contributed by atoms with Crippen LogP contribution in [0, 0.1) is 0 Å². The Hall–Kier alpha value is -1.56. The van der Waals surface area contributed by atoms with Crippen LogP contribution in [-0.4, -0.2) is 31.0 Å². The van der Waals surface area contributed by atoms with Crippen molar-refractivity contribution in [2.75, 3.05) is 13.7 Å². The van der Waals surface area contributed by atoms with Gasteiger partial charge in [-0.05, 0) is 54.9 Å². The summed E-state index contributed by atoms with van der Waals surface area (Å²) in [6, 6.07) is 5.08. The van der Waals surface area contributed by atoms with E-state index in [1.165, 1.54) is 7.11 Å². The van der Waals surface area contributed by atoms with Gasteiger partial charge in [-0.1, -0.05) is 0 Å². The van der Waals surface area contributed by atoms with Gasteiger partial charge >= 0.3 is 0 Å². The number of hydrogen-bond donors (Lipinski definition) is 2. The number of carbonyl (C=O) groups is 2. The summed E-state index contributed by atoms with van der Waals surface area (Å²) in [6.45, 7) is 5.57. The summed E-state index contributed by atoms with van der Waals surface area (Å²) in [5, 5.41) is 5.35. The van der Waals surface area contributed by atoms with Gasteiger partial charge in [0, 0.05) is 10.0 Å². The standard InChI is InChI=1S/C14H19BrN2O3/c1-14(2,3)17-12(18)8-16-13(19)10-7-9(20-4)5-6-11(10)15/h5-7H,8H2,1-4H3,(H,16,19)(H,17,18). The molecule has 1 aromatic rings. The van der Waals surface area contributed by atoms with Gasteiger partial charge in [0.15, 0.2) is 0 Å². The van der Waals surface area contributed by atoms with E-state index in [-0.39, 0.29) is 23.9 Å². The van der Waals surface area contributed by atoms with E-state index in [9.17, 15) is 9.59 Å². The van der Waals surface area contributed by atoms with Gasteiger partial charge in [-0.15, -0.1) is 0 Å². The van der Waals surface area contributed by atoms with E-state index in [4.69, 9.17) is 4.74 Å². The van der Waals surface area contributed by atoms with Crippen molar-refractivity contribution in [2.24, 2.45) is 0 Å². The molecule has 0 saturated heterocycles. The normalized spacial score (nSPS) is 10.8. The molecule has 0 bridgehead atoms. The fourth-order valence-corrected chi connectivity index (χ4v) is 1.95. The van der Waals surface area contributed by atoms with Crippen LogP contribution in [0.1, 0.15) is 31.1 Å². The van der Waals surface area contributed by atoms with Gasteiger partial charge in [-0.2, -0.15) is 0 Å². The Morgan fingerprint density at radius 1 is 1.30 bits per heavy atom. The molecule has 110 valence electrons. The van der Waals surface area contributed by atoms with Crippen LogP contribution < -0.4 is 15.4 Å². The topological polar surface area (TPSA) is 67.4 Å². The molecule has 0 aliphatic heterocycles. The Balaban J connectivity index is 2.66. The van der Waals surface area contributed by atoms with Crippen LogP contribution in [0.4, 0.5) is 0 Å². The summed E-state index contributed by atoms with van der Waals surface area (Å²) in [4.78, 5) is 23.7. The number of rotatable bonds is 4. The molecule has 1 aromatic carbocycles. The molecule has 0 fully saturated rings. The number of nitrogens with one attached hydrogen (secondary N) is 2. The van der Waals surface area contributed by atoms with Gasteiger partial charge in [-0.3, -0.25) is 9.59 Å². The SMILES string of the molecule is COc1ccc(Br)c(C(=O)NCC(=O)NC(C)(C)C)c1. The number of methoxy groups -OCH3 is 1. The highest BCUT2D eigenvalue weighted by molar-refractivity contribution is 9.10. The molecule has 6 heteroatoms. The summed E-state index contributed by atoms with van der Waals surface area (Å²) in [5.74, 6) is 0.0159. The molecule has 0 heterocycles. The maximum atomic E-state index is 12.0. The molecule has 0 aliphatic carbocycles. The smallest absolute Gasteiger partial charge is 0.252 e. The van der Waals surface area contributed by atoms with Crippen molar-refractivity contribution < 1.29 is 14.3 Å². The first-order valence-corrected chi connectivity index (χ1v) is 6.95. The van der Waals surface area contributed by atoms with Gasteiger partial charge in [0.25, 0.3) is 5.91 Å². The lowest BCUT2D eigenvalue weighted by atomic mass is 10.1. The minimum absolute atomic E-state index is 0.0697. The van der Waals surface area contributed by atoms with Gasteiger partial charge in [0.05, 0.1) is 19.2 Å². The Morgan fingerprint density at radius 2 is 1.95 bits per heavy atom. The van der Waals surface area contributed by atoms with Gasteiger partial charge in [0.1, 0.15) is 5.75 Å². The zero-order valence-corrected chi connectivity index (χ0v) is 13.6. The van der Waals surface area contributed by atoms with Gasteiger partial charge < -0.3 is 15.4 Å². The first-order chi connectivity index (χ1) is 9.23. The van der Waals surface area contributed by atoms with Crippen molar-refractivity contribution in [3.8, 4) is 5.75 Å². The molecule has 0 spiro atoms. The number of ether oxygens (including phenoxy) is 1. The maximum absolute atomic E-state index is 12.0. The molecule has 1 rings (SSSR count). The Bertz CT molecular complexity index is 510. The molecule has 0 unspecified atom stereocenters. The van der Waals surface area contributed by atoms with Crippen molar-refractivity contribution in [3.05, 3.63) is 28.2 Å². The first-order valence-electron chi connectivity index (χ1n) is 6.15. The molecule has 0 aromatic heterocycles. The van der Waals surface area contributed by atoms with E-state index in [2.05, 4.69) is 26.6 Å². The van der Waals surface area contributed by atoms with E-state index >= 15 is 0 Å². The number of hydrogen-bond acceptors (Lipinski definition) is 3. The molecular weight excluding hydrogens is 324 g/mol. The minimum atomic E-state index is -0.333. The highest BCUT2D eigenvalue weighted by Crippen LogP contribution is 2.22. The third-order valence-corrected chi connectivity index (χ3v) is 3.03. The van der Waals surface area contributed by atoms with Crippen LogP contribution >= 0.6 is 15.9 Å². The Kier molecular flexibility index (Phi) is 5.56. The van der Waals surface area contributed by atoms with Crippen LogP contribution in [0.15, 0.2) is 22.7 Å². The van der Waals surface area contributed by atoms with Gasteiger partial charge in [0.2, 0.25) is 5.91 Å². The van der Waals surface area contributed by atoms with Crippen molar-refractivity contribution in [2.45, 2.75) is 26.3 Å². The van der Waals surface area contributed by atoms with Crippen molar-refractivity contribution in [1.82, 2.24) is 10.6 Å². The van der Waals surface area contributed by atoms with E-state index < -0.39 is 0 Å². The zero-order chi connectivity index (χ0) is 15.3. The average Bonchev–Trinajstić information content (AvgIpc) is 2.34. The lowest BCUT2D eigenvalue weighted by Crippen LogP contribution is -2.45. The average molecular weight is 343 g/mol. The van der Waals surface area contributed by atoms with Crippen LogP contribution in [0.3, 0.4) is 0 Å². The molecule has 0 aliphatic rings. The summed E-state index contributed by atoms with van der Waals surface area (Å²) >= 11 is 3.30. The molecule has 2 N–H and O–H groups in total. The van der Waals surface area contributed by atoms with Crippen molar-refractivity contribution >= 4 is 27.7 Å². The highest BCUT2D eigenvalue weighted by Gasteiger charge is 2.16. The van der Waals surface area contributed by atoms with Crippen LogP contribution in [-0.2, 0) is 4.79 Å². The summed E-state index contributed by atoms with van der Waals surface area (Å²) in [5.41, 5.74) is 0.103. The second kappa shape index (κ2) is 6.74. The fourth-order valence-electron chi connectivity index (χ4n) is 1.52. The van der Waals surface area contributed by atoms with Crippen molar-refractivity contribution in [3.63, 3.8) is 0 Å². The lowest BCUT2D eigenvalue weighted by Gasteiger charge is -2.20. The number of halogens is 1. The largest absolute Gasteiger partial charge is 0.497 e. The zero-order valence-electron chi connectivity index (χ0n) is 12.0. The molecular formula is C14H19BrN2O3. The van der Waals surface area contributed by atoms with Crippen LogP contribution in [0.2, 0.25) is 0 Å². The van der Waals surface area contributed by atoms with Crippen LogP contribution in [0.25, 0.3) is 0 Å². The summed E-state index contributed by atoms with van der Waals surface area (Å²) in [7, 11) is 1.53. The molecule has 0 atom stereocenters. The van der Waals surface area contributed by atoms with Crippen LogP contribution in [0.5, 0.6) is 5.75 Å². The van der Waals surface area contributed by atoms with E-state index in [1.807, 2.05) is 20.8 Å². The number of benzene rings is 1. The molecule has 0 saturated carbocycles. The van der Waals surface area contributed by atoms with E-state index in [1.54, 1.807) is 18.2 Å². The monoisotopic (exact) mass is 342 g/mol. The predicted molar refractivity (Wildman–Crippen MR) is 80.9 cm³/mol. The quantitative estimate of drug-likeness (QED) is 0.880. The third kappa shape index (κ3) is 5.21. The molecule has 2 amide bonds. The maximum Gasteiger partial charge on any atom is 0.252 e. The van der Waals surface area contributed by atoms with E-state index in [0.717, 1.165) is 0 Å². The van der Waals surface area contributed by atoms with E-state index in [0.29, 0.717) is 15.8 Å². The highest BCUT2D eigenvalue weighted by atomic mass is 79.9. The number of amides is 2.